The summed E-state index contributed by atoms with van der Waals surface area (Å²) in [6.45, 7) is 1.33. The van der Waals surface area contributed by atoms with Crippen LogP contribution in [-0.2, 0) is 11.0 Å². The first-order valence-corrected chi connectivity index (χ1v) is 4.30. The summed E-state index contributed by atoms with van der Waals surface area (Å²) in [6, 6.07) is 3.39. The van der Waals surface area contributed by atoms with E-state index in [1.807, 2.05) is 0 Å². The number of hydrogen-bond donors (Lipinski definition) is 1. The van der Waals surface area contributed by atoms with Crippen molar-refractivity contribution in [2.45, 2.75) is 13.1 Å². The fourth-order valence-electron chi connectivity index (χ4n) is 1.19. The molecular weight excluding hydrogens is 219 g/mol. The van der Waals surface area contributed by atoms with Crippen molar-refractivity contribution in [2.75, 3.05) is 0 Å². The van der Waals surface area contributed by atoms with E-state index in [4.69, 9.17) is 5.73 Å². The maximum atomic E-state index is 12.4. The van der Waals surface area contributed by atoms with Crippen LogP contribution in [0.5, 0.6) is 0 Å². The maximum absolute atomic E-state index is 12.4. The second-order valence-corrected chi connectivity index (χ2v) is 3.14. The Morgan fingerprint density at radius 1 is 1.38 bits per heavy atom. The van der Waals surface area contributed by atoms with Gasteiger partial charge in [-0.1, -0.05) is 5.92 Å². The smallest absolute Gasteiger partial charge is 0.359 e. The third-order valence-corrected chi connectivity index (χ3v) is 1.86. The summed E-state index contributed by atoms with van der Waals surface area (Å²) in [4.78, 5) is 10.4. The van der Waals surface area contributed by atoms with E-state index in [2.05, 4.69) is 11.8 Å². The van der Waals surface area contributed by atoms with Crippen molar-refractivity contribution in [1.82, 2.24) is 0 Å². The number of halogens is 3. The lowest BCUT2D eigenvalue weighted by Gasteiger charge is -2.09. The molecule has 0 fully saturated rings. The predicted octanol–water partition coefficient (Wildman–Crippen LogP) is 1.85. The number of alkyl halides is 3. The second kappa shape index (κ2) is 4.27. The van der Waals surface area contributed by atoms with Gasteiger partial charge in [0, 0.05) is 5.56 Å². The minimum atomic E-state index is -4.38. The SMILES string of the molecule is Cc1cc(C#CC(N)=O)ccc1C(F)(F)F. The largest absolute Gasteiger partial charge is 0.416 e. The van der Waals surface area contributed by atoms with Crippen LogP contribution >= 0.6 is 0 Å². The summed E-state index contributed by atoms with van der Waals surface area (Å²) in [7, 11) is 0. The van der Waals surface area contributed by atoms with E-state index in [1.165, 1.54) is 19.1 Å². The van der Waals surface area contributed by atoms with Gasteiger partial charge in [-0.15, -0.1) is 0 Å². The van der Waals surface area contributed by atoms with Gasteiger partial charge >= 0.3 is 6.18 Å². The Hall–Kier alpha value is -1.96. The number of carbonyl (C=O) groups excluding carboxylic acids is 1. The normalized spacial score (nSPS) is 10.5. The topological polar surface area (TPSA) is 43.1 Å². The highest BCUT2D eigenvalue weighted by Gasteiger charge is 2.31. The standard InChI is InChI=1S/C11H8F3NO/c1-7-6-8(3-5-10(15)16)2-4-9(7)11(12,13)14/h2,4,6H,1H3,(H2,15,16). The molecular formula is C11H8F3NO. The van der Waals surface area contributed by atoms with Gasteiger partial charge in [-0.3, -0.25) is 4.79 Å². The molecule has 0 bridgehead atoms. The molecule has 0 radical (unpaired) electrons. The number of amides is 1. The van der Waals surface area contributed by atoms with Gasteiger partial charge in [-0.25, -0.2) is 0 Å². The highest BCUT2D eigenvalue weighted by molar-refractivity contribution is 5.92. The molecule has 0 aliphatic carbocycles. The minimum absolute atomic E-state index is 0.0590. The Morgan fingerprint density at radius 3 is 2.44 bits per heavy atom. The zero-order chi connectivity index (χ0) is 12.3. The third kappa shape index (κ3) is 3.02. The van der Waals surface area contributed by atoms with E-state index in [9.17, 15) is 18.0 Å². The first-order chi connectivity index (χ1) is 7.30. The van der Waals surface area contributed by atoms with Gasteiger partial charge in [0.15, 0.2) is 0 Å². The van der Waals surface area contributed by atoms with Crippen LogP contribution in [0.2, 0.25) is 0 Å². The van der Waals surface area contributed by atoms with Crippen LogP contribution in [0.25, 0.3) is 0 Å². The number of hydrogen-bond acceptors (Lipinski definition) is 1. The number of rotatable bonds is 0. The Bertz CT molecular complexity index is 480. The molecule has 0 heterocycles. The van der Waals surface area contributed by atoms with Crippen molar-refractivity contribution in [2.24, 2.45) is 5.73 Å². The first-order valence-electron chi connectivity index (χ1n) is 4.30. The van der Waals surface area contributed by atoms with Crippen LogP contribution < -0.4 is 5.73 Å². The zero-order valence-corrected chi connectivity index (χ0v) is 8.35. The molecule has 16 heavy (non-hydrogen) atoms. The summed E-state index contributed by atoms with van der Waals surface area (Å²) < 4.78 is 37.2. The fraction of sp³-hybridized carbons (Fsp3) is 0.182. The molecule has 84 valence electrons. The Balaban J connectivity index is 3.11. The molecule has 1 amide bonds. The molecule has 2 nitrogen and oxygen atoms in total. The highest BCUT2D eigenvalue weighted by atomic mass is 19.4. The number of aryl methyl sites for hydroxylation is 1. The highest BCUT2D eigenvalue weighted by Crippen LogP contribution is 2.31. The number of primary amides is 1. The minimum Gasteiger partial charge on any atom is -0.359 e. The van der Waals surface area contributed by atoms with Gasteiger partial charge in [0.05, 0.1) is 5.56 Å². The van der Waals surface area contributed by atoms with E-state index in [1.54, 1.807) is 0 Å². The summed E-state index contributed by atoms with van der Waals surface area (Å²) in [6.07, 6.45) is -4.38. The first kappa shape index (κ1) is 12.1. The number of carbonyl (C=O) groups is 1. The molecule has 5 heteroatoms. The van der Waals surface area contributed by atoms with Gasteiger partial charge < -0.3 is 5.73 Å². The number of benzene rings is 1. The van der Waals surface area contributed by atoms with Crippen LogP contribution in [0.3, 0.4) is 0 Å². The third-order valence-electron chi connectivity index (χ3n) is 1.86. The van der Waals surface area contributed by atoms with Gasteiger partial charge in [0.2, 0.25) is 0 Å². The lowest BCUT2D eigenvalue weighted by molar-refractivity contribution is -0.138. The summed E-state index contributed by atoms with van der Waals surface area (Å²) in [5.74, 6) is 3.60. The zero-order valence-electron chi connectivity index (χ0n) is 8.35. The van der Waals surface area contributed by atoms with E-state index in [0.29, 0.717) is 5.56 Å². The van der Waals surface area contributed by atoms with E-state index in [-0.39, 0.29) is 5.56 Å². The van der Waals surface area contributed by atoms with Crippen LogP contribution in [0.1, 0.15) is 16.7 Å². The average Bonchev–Trinajstić information content (AvgIpc) is 2.12. The van der Waals surface area contributed by atoms with Crippen molar-refractivity contribution in [3.63, 3.8) is 0 Å². The average molecular weight is 227 g/mol. The quantitative estimate of drug-likeness (QED) is 0.675. The van der Waals surface area contributed by atoms with Gasteiger partial charge in [-0.05, 0) is 36.6 Å². The maximum Gasteiger partial charge on any atom is 0.416 e. The molecule has 0 aliphatic rings. The molecule has 0 saturated heterocycles. The summed E-state index contributed by atoms with van der Waals surface area (Å²) in [5.41, 5.74) is 4.46. The van der Waals surface area contributed by atoms with Crippen molar-refractivity contribution in [3.8, 4) is 11.8 Å². The molecule has 1 rings (SSSR count). The van der Waals surface area contributed by atoms with E-state index in [0.717, 1.165) is 6.07 Å². The van der Waals surface area contributed by atoms with E-state index < -0.39 is 17.6 Å². The number of nitrogens with two attached hydrogens (primary N) is 1. The molecule has 0 atom stereocenters. The van der Waals surface area contributed by atoms with Crippen LogP contribution in [-0.4, -0.2) is 5.91 Å². The van der Waals surface area contributed by atoms with Crippen LogP contribution in [0.15, 0.2) is 18.2 Å². The molecule has 1 aromatic carbocycles. The monoisotopic (exact) mass is 227 g/mol. The predicted molar refractivity (Wildman–Crippen MR) is 52.3 cm³/mol. The Kier molecular flexibility index (Phi) is 3.23. The van der Waals surface area contributed by atoms with Gasteiger partial charge in [-0.2, -0.15) is 13.2 Å². The second-order valence-electron chi connectivity index (χ2n) is 3.14. The molecule has 1 aromatic rings. The molecule has 0 saturated carbocycles. The Morgan fingerprint density at radius 2 is 2.00 bits per heavy atom. The van der Waals surface area contributed by atoms with Gasteiger partial charge in [0.1, 0.15) is 0 Å². The lowest BCUT2D eigenvalue weighted by Crippen LogP contribution is -2.08. The summed E-state index contributed by atoms with van der Waals surface area (Å²) >= 11 is 0. The van der Waals surface area contributed by atoms with Crippen molar-refractivity contribution >= 4 is 5.91 Å². The van der Waals surface area contributed by atoms with Crippen molar-refractivity contribution in [3.05, 3.63) is 34.9 Å². The summed E-state index contributed by atoms with van der Waals surface area (Å²) in [5, 5.41) is 0. The Labute approximate surface area is 90.3 Å². The van der Waals surface area contributed by atoms with Crippen LogP contribution in [0.4, 0.5) is 13.2 Å². The lowest BCUT2D eigenvalue weighted by atomic mass is 10.1. The molecule has 2 N–H and O–H groups in total. The van der Waals surface area contributed by atoms with E-state index >= 15 is 0 Å². The molecule has 0 unspecified atom stereocenters. The fourth-order valence-corrected chi connectivity index (χ4v) is 1.19. The molecule has 0 aliphatic heterocycles. The van der Waals surface area contributed by atoms with Crippen molar-refractivity contribution in [1.29, 1.82) is 0 Å². The van der Waals surface area contributed by atoms with Crippen molar-refractivity contribution < 1.29 is 18.0 Å². The van der Waals surface area contributed by atoms with Crippen LogP contribution in [0, 0.1) is 18.8 Å². The molecule has 0 aromatic heterocycles. The molecule has 0 spiro atoms. The van der Waals surface area contributed by atoms with Gasteiger partial charge in [0.25, 0.3) is 5.91 Å².